The lowest BCUT2D eigenvalue weighted by Crippen LogP contribution is -2.14. The van der Waals surface area contributed by atoms with Crippen molar-refractivity contribution in [3.05, 3.63) is 75.2 Å². The number of nitrogens with one attached hydrogen (secondary N) is 1. The van der Waals surface area contributed by atoms with Crippen LogP contribution in [0, 0.1) is 27.7 Å². The van der Waals surface area contributed by atoms with Gasteiger partial charge in [-0.1, -0.05) is 48.0 Å². The van der Waals surface area contributed by atoms with Crippen LogP contribution >= 0.6 is 11.3 Å². The molecule has 1 N–H and O–H groups in total. The SMILES string of the molecule is COC(=O)c1c(NC(=O)CCc2ccc(C)cc2)sc(C)c1-c1ccc(C)c(C)c1. The molecule has 0 spiro atoms. The number of benzene rings is 2. The lowest BCUT2D eigenvalue weighted by Gasteiger charge is -2.10. The van der Waals surface area contributed by atoms with Crippen molar-refractivity contribution in [3.8, 4) is 11.1 Å². The molecule has 1 heterocycles. The topological polar surface area (TPSA) is 55.4 Å². The summed E-state index contributed by atoms with van der Waals surface area (Å²) in [5.74, 6) is -0.560. The summed E-state index contributed by atoms with van der Waals surface area (Å²) in [5, 5.41) is 3.49. The van der Waals surface area contributed by atoms with Crippen molar-refractivity contribution in [2.45, 2.75) is 40.5 Å². The van der Waals surface area contributed by atoms with Gasteiger partial charge in [-0.2, -0.15) is 0 Å². The second kappa shape index (κ2) is 9.26. The Balaban J connectivity index is 1.87. The second-order valence-corrected chi connectivity index (χ2v) is 8.79. The summed E-state index contributed by atoms with van der Waals surface area (Å²) in [6.07, 6.45) is 0.994. The number of carbonyl (C=O) groups excluding carboxylic acids is 2. The summed E-state index contributed by atoms with van der Waals surface area (Å²) in [5.41, 5.74) is 6.84. The number of hydrogen-bond acceptors (Lipinski definition) is 4. The molecule has 1 amide bonds. The van der Waals surface area contributed by atoms with Crippen LogP contribution in [0.2, 0.25) is 0 Å². The Morgan fingerprint density at radius 2 is 1.67 bits per heavy atom. The molecule has 4 nitrogen and oxygen atoms in total. The Bertz CT molecular complexity index is 1080. The molecule has 0 unspecified atom stereocenters. The average molecular weight is 422 g/mol. The maximum atomic E-state index is 12.6. The van der Waals surface area contributed by atoms with Gasteiger partial charge in [0.25, 0.3) is 0 Å². The molecule has 0 atom stereocenters. The Hall–Kier alpha value is -2.92. The van der Waals surface area contributed by atoms with Gasteiger partial charge in [0.05, 0.1) is 7.11 Å². The Morgan fingerprint density at radius 1 is 0.967 bits per heavy atom. The van der Waals surface area contributed by atoms with Gasteiger partial charge in [0, 0.05) is 16.9 Å². The van der Waals surface area contributed by atoms with Crippen molar-refractivity contribution in [1.29, 1.82) is 0 Å². The van der Waals surface area contributed by atoms with E-state index in [-0.39, 0.29) is 5.91 Å². The van der Waals surface area contributed by atoms with Crippen molar-refractivity contribution >= 4 is 28.2 Å². The largest absolute Gasteiger partial charge is 0.465 e. The van der Waals surface area contributed by atoms with E-state index in [4.69, 9.17) is 4.74 Å². The number of hydrogen-bond donors (Lipinski definition) is 1. The fourth-order valence-electron chi connectivity index (χ4n) is 3.38. The molecule has 0 fully saturated rings. The number of anilines is 1. The highest BCUT2D eigenvalue weighted by Gasteiger charge is 2.25. The number of rotatable bonds is 6. The highest BCUT2D eigenvalue weighted by molar-refractivity contribution is 7.17. The van der Waals surface area contributed by atoms with Crippen LogP contribution in [0.4, 0.5) is 5.00 Å². The van der Waals surface area contributed by atoms with E-state index in [2.05, 4.69) is 18.3 Å². The first kappa shape index (κ1) is 21.8. The van der Waals surface area contributed by atoms with Gasteiger partial charge in [0.2, 0.25) is 5.91 Å². The molecule has 5 heteroatoms. The van der Waals surface area contributed by atoms with Gasteiger partial charge in [0.1, 0.15) is 10.6 Å². The normalized spacial score (nSPS) is 10.7. The second-order valence-electron chi connectivity index (χ2n) is 7.56. The van der Waals surface area contributed by atoms with Gasteiger partial charge in [-0.25, -0.2) is 4.79 Å². The van der Waals surface area contributed by atoms with Crippen molar-refractivity contribution in [1.82, 2.24) is 0 Å². The third-order valence-electron chi connectivity index (χ3n) is 5.28. The van der Waals surface area contributed by atoms with Crippen molar-refractivity contribution in [3.63, 3.8) is 0 Å². The molecule has 30 heavy (non-hydrogen) atoms. The quantitative estimate of drug-likeness (QED) is 0.496. The van der Waals surface area contributed by atoms with E-state index in [0.29, 0.717) is 23.4 Å². The average Bonchev–Trinajstić information content (AvgIpc) is 3.04. The number of aryl methyl sites for hydroxylation is 5. The van der Waals surface area contributed by atoms with Crippen LogP contribution in [-0.4, -0.2) is 19.0 Å². The fourth-order valence-corrected chi connectivity index (χ4v) is 4.46. The van der Waals surface area contributed by atoms with Crippen LogP contribution in [0.25, 0.3) is 11.1 Å². The molecule has 3 rings (SSSR count). The molecule has 0 saturated heterocycles. The number of methoxy groups -OCH3 is 1. The van der Waals surface area contributed by atoms with Gasteiger partial charge in [-0.15, -0.1) is 11.3 Å². The van der Waals surface area contributed by atoms with E-state index >= 15 is 0 Å². The summed E-state index contributed by atoms with van der Waals surface area (Å²) in [4.78, 5) is 26.2. The monoisotopic (exact) mass is 421 g/mol. The highest BCUT2D eigenvalue weighted by Crippen LogP contribution is 2.40. The first-order valence-corrected chi connectivity index (χ1v) is 10.8. The maximum absolute atomic E-state index is 12.6. The van der Waals surface area contributed by atoms with Crippen molar-refractivity contribution in [2.75, 3.05) is 12.4 Å². The van der Waals surface area contributed by atoms with Crippen molar-refractivity contribution in [2.24, 2.45) is 0 Å². The fraction of sp³-hybridized carbons (Fsp3) is 0.280. The third kappa shape index (κ3) is 4.79. The van der Waals surface area contributed by atoms with Crippen LogP contribution in [0.5, 0.6) is 0 Å². The lowest BCUT2D eigenvalue weighted by molar-refractivity contribution is -0.116. The summed E-state index contributed by atoms with van der Waals surface area (Å²) >= 11 is 1.41. The molecule has 0 aliphatic heterocycles. The van der Waals surface area contributed by atoms with Crippen LogP contribution in [0.3, 0.4) is 0 Å². The number of amides is 1. The molecule has 0 saturated carbocycles. The predicted octanol–water partition coefficient (Wildman–Crippen LogP) is 6.01. The molecule has 156 valence electrons. The molecule has 0 aliphatic rings. The minimum atomic E-state index is -0.443. The third-order valence-corrected chi connectivity index (χ3v) is 6.30. The summed E-state index contributed by atoms with van der Waals surface area (Å²) in [6, 6.07) is 14.3. The Morgan fingerprint density at radius 3 is 2.30 bits per heavy atom. The molecular weight excluding hydrogens is 394 g/mol. The lowest BCUT2D eigenvalue weighted by atomic mass is 9.97. The van der Waals surface area contributed by atoms with E-state index in [1.807, 2.05) is 57.2 Å². The van der Waals surface area contributed by atoms with Crippen molar-refractivity contribution < 1.29 is 14.3 Å². The van der Waals surface area contributed by atoms with E-state index in [0.717, 1.165) is 27.1 Å². The maximum Gasteiger partial charge on any atom is 0.341 e. The highest BCUT2D eigenvalue weighted by atomic mass is 32.1. The number of carbonyl (C=O) groups is 2. The van der Waals surface area contributed by atoms with Gasteiger partial charge >= 0.3 is 5.97 Å². The first-order chi connectivity index (χ1) is 14.3. The zero-order valence-corrected chi connectivity index (χ0v) is 18.9. The predicted molar refractivity (Wildman–Crippen MR) is 123 cm³/mol. The smallest absolute Gasteiger partial charge is 0.341 e. The number of ether oxygens (including phenoxy) is 1. The van der Waals surface area contributed by atoms with E-state index in [9.17, 15) is 9.59 Å². The number of esters is 1. The van der Waals surface area contributed by atoms with E-state index in [1.165, 1.54) is 29.6 Å². The molecule has 3 aromatic rings. The molecule has 1 aromatic heterocycles. The number of thiophene rings is 1. The Labute approximate surface area is 181 Å². The van der Waals surface area contributed by atoms with Crippen LogP contribution < -0.4 is 5.32 Å². The van der Waals surface area contributed by atoms with Crippen LogP contribution in [-0.2, 0) is 16.0 Å². The summed E-state index contributed by atoms with van der Waals surface area (Å²) < 4.78 is 5.04. The molecule has 2 aromatic carbocycles. The zero-order chi connectivity index (χ0) is 21.8. The minimum Gasteiger partial charge on any atom is -0.465 e. The van der Waals surface area contributed by atoms with Gasteiger partial charge in [-0.05, 0) is 56.4 Å². The van der Waals surface area contributed by atoms with Gasteiger partial charge in [0.15, 0.2) is 0 Å². The Kier molecular flexibility index (Phi) is 6.73. The molecule has 0 aliphatic carbocycles. The van der Waals surface area contributed by atoms with Gasteiger partial charge in [-0.3, -0.25) is 4.79 Å². The van der Waals surface area contributed by atoms with E-state index < -0.39 is 5.97 Å². The van der Waals surface area contributed by atoms with Crippen LogP contribution in [0.15, 0.2) is 42.5 Å². The van der Waals surface area contributed by atoms with Gasteiger partial charge < -0.3 is 10.1 Å². The summed E-state index contributed by atoms with van der Waals surface area (Å²) in [7, 11) is 1.36. The molecule has 0 bridgehead atoms. The first-order valence-electron chi connectivity index (χ1n) is 9.95. The molecular formula is C25H27NO3S. The molecule has 0 radical (unpaired) electrons. The standard InChI is InChI=1S/C25H27NO3S/c1-15-6-9-19(10-7-15)11-13-21(27)26-24-23(25(28)29-5)22(18(4)30-24)20-12-8-16(2)17(3)14-20/h6-10,12,14H,11,13H2,1-5H3,(H,26,27). The zero-order valence-electron chi connectivity index (χ0n) is 18.1. The summed E-state index contributed by atoms with van der Waals surface area (Å²) in [6.45, 7) is 8.10. The van der Waals surface area contributed by atoms with Crippen LogP contribution in [0.1, 0.15) is 43.9 Å². The minimum absolute atomic E-state index is 0.117. The van der Waals surface area contributed by atoms with E-state index in [1.54, 1.807) is 0 Å².